The van der Waals surface area contributed by atoms with Crippen molar-refractivity contribution in [3.63, 3.8) is 0 Å². The molecule has 0 spiro atoms. The van der Waals surface area contributed by atoms with E-state index in [1.54, 1.807) is 36.4 Å². The summed E-state index contributed by atoms with van der Waals surface area (Å²) in [5.74, 6) is -0.372. The fraction of sp³-hybridized carbons (Fsp3) is 0.240. The minimum absolute atomic E-state index is 0.305. The van der Waals surface area contributed by atoms with E-state index in [0.717, 1.165) is 0 Å². The van der Waals surface area contributed by atoms with E-state index >= 15 is 0 Å². The van der Waals surface area contributed by atoms with Crippen LogP contribution in [0.1, 0.15) is 11.1 Å². The SMILES string of the molecule is COc1ccc(/C=C/C(=O)NC[C@@H](NC(=O)/C=C/c2ccc(OC)c(OC)c2)C(=O)O)cc1OC. The van der Waals surface area contributed by atoms with E-state index in [9.17, 15) is 19.5 Å². The highest BCUT2D eigenvalue weighted by Crippen LogP contribution is 2.28. The number of carbonyl (C=O) groups is 3. The molecule has 35 heavy (non-hydrogen) atoms. The van der Waals surface area contributed by atoms with Gasteiger partial charge in [0.1, 0.15) is 6.04 Å². The molecular formula is C25H28N2O8. The number of hydrogen-bond donors (Lipinski definition) is 3. The van der Waals surface area contributed by atoms with Crippen molar-refractivity contribution in [1.29, 1.82) is 0 Å². The molecule has 0 bridgehead atoms. The van der Waals surface area contributed by atoms with Crippen LogP contribution in [-0.4, -0.2) is 63.9 Å². The van der Waals surface area contributed by atoms with Crippen LogP contribution in [0.5, 0.6) is 23.0 Å². The quantitative estimate of drug-likeness (QED) is 0.391. The summed E-state index contributed by atoms with van der Waals surface area (Å²) >= 11 is 0. The zero-order valence-corrected chi connectivity index (χ0v) is 19.9. The number of carbonyl (C=O) groups excluding carboxylic acids is 2. The van der Waals surface area contributed by atoms with Crippen molar-refractivity contribution >= 4 is 29.9 Å². The first-order valence-corrected chi connectivity index (χ1v) is 10.4. The third-order valence-corrected chi connectivity index (χ3v) is 4.76. The van der Waals surface area contributed by atoms with Crippen molar-refractivity contribution in [2.45, 2.75) is 6.04 Å². The second-order valence-electron chi connectivity index (χ2n) is 7.04. The van der Waals surface area contributed by atoms with Crippen LogP contribution >= 0.6 is 0 Å². The molecule has 2 aromatic rings. The third-order valence-electron chi connectivity index (χ3n) is 4.76. The summed E-state index contributed by atoms with van der Waals surface area (Å²) in [5, 5.41) is 14.2. The highest BCUT2D eigenvalue weighted by molar-refractivity contribution is 5.95. The number of methoxy groups -OCH3 is 4. The molecule has 0 saturated heterocycles. The lowest BCUT2D eigenvalue weighted by Gasteiger charge is -2.13. The van der Waals surface area contributed by atoms with E-state index in [-0.39, 0.29) is 6.54 Å². The van der Waals surface area contributed by atoms with Crippen molar-refractivity contribution in [2.75, 3.05) is 35.0 Å². The number of hydrogen-bond acceptors (Lipinski definition) is 7. The van der Waals surface area contributed by atoms with Crippen LogP contribution in [0.2, 0.25) is 0 Å². The van der Waals surface area contributed by atoms with E-state index < -0.39 is 23.8 Å². The van der Waals surface area contributed by atoms with Gasteiger partial charge in [-0.1, -0.05) is 12.1 Å². The Kier molecular flexibility index (Phi) is 10.2. The molecule has 10 nitrogen and oxygen atoms in total. The molecule has 0 unspecified atom stereocenters. The van der Waals surface area contributed by atoms with Crippen LogP contribution in [-0.2, 0) is 14.4 Å². The average molecular weight is 485 g/mol. The summed E-state index contributed by atoms with van der Waals surface area (Å²) < 4.78 is 20.7. The van der Waals surface area contributed by atoms with Gasteiger partial charge in [-0.2, -0.15) is 0 Å². The summed E-state index contributed by atoms with van der Waals surface area (Å²) in [6.07, 6.45) is 5.48. The third kappa shape index (κ3) is 8.11. The molecule has 186 valence electrons. The Morgan fingerprint density at radius 2 is 1.23 bits per heavy atom. The van der Waals surface area contributed by atoms with Gasteiger partial charge in [0.2, 0.25) is 11.8 Å². The van der Waals surface area contributed by atoms with E-state index in [1.165, 1.54) is 52.7 Å². The van der Waals surface area contributed by atoms with Crippen molar-refractivity contribution in [1.82, 2.24) is 10.6 Å². The van der Waals surface area contributed by atoms with Crippen LogP contribution in [0.15, 0.2) is 48.6 Å². The van der Waals surface area contributed by atoms with E-state index in [2.05, 4.69) is 10.6 Å². The summed E-state index contributed by atoms with van der Waals surface area (Å²) in [7, 11) is 6.02. The molecular weight excluding hydrogens is 456 g/mol. The summed E-state index contributed by atoms with van der Waals surface area (Å²) in [6.45, 7) is -0.305. The first-order valence-electron chi connectivity index (χ1n) is 10.4. The van der Waals surface area contributed by atoms with Crippen LogP contribution < -0.4 is 29.6 Å². The zero-order valence-electron chi connectivity index (χ0n) is 19.9. The van der Waals surface area contributed by atoms with E-state index in [4.69, 9.17) is 18.9 Å². The van der Waals surface area contributed by atoms with E-state index in [1.807, 2.05) is 0 Å². The van der Waals surface area contributed by atoms with Gasteiger partial charge in [-0.3, -0.25) is 9.59 Å². The standard InChI is InChI=1S/C25H28N2O8/c1-32-19-9-5-16(13-21(19)34-3)7-11-23(28)26-15-18(25(30)31)27-24(29)12-8-17-6-10-20(33-2)22(14-17)35-4/h5-14,18H,15H2,1-4H3,(H,26,28)(H,27,29)(H,30,31)/b11-7+,12-8+/t18-/m1/s1. The second kappa shape index (κ2) is 13.3. The van der Waals surface area contributed by atoms with Gasteiger partial charge in [0.05, 0.1) is 28.4 Å². The lowest BCUT2D eigenvalue weighted by Crippen LogP contribution is -2.47. The number of carboxylic acids is 1. The molecule has 0 heterocycles. The molecule has 0 fully saturated rings. The fourth-order valence-corrected chi connectivity index (χ4v) is 2.94. The Morgan fingerprint density at radius 3 is 1.66 bits per heavy atom. The predicted octanol–water partition coefficient (Wildman–Crippen LogP) is 2.13. The summed E-state index contributed by atoms with van der Waals surface area (Å²) in [4.78, 5) is 35.9. The highest BCUT2D eigenvalue weighted by Gasteiger charge is 2.19. The van der Waals surface area contributed by atoms with Gasteiger partial charge in [-0.05, 0) is 47.5 Å². The number of ether oxygens (including phenoxy) is 4. The van der Waals surface area contributed by atoms with Crippen LogP contribution in [0.3, 0.4) is 0 Å². The first kappa shape index (κ1) is 26.8. The molecule has 2 amide bonds. The first-order chi connectivity index (χ1) is 16.8. The lowest BCUT2D eigenvalue weighted by atomic mass is 10.2. The minimum atomic E-state index is -1.32. The summed E-state index contributed by atoms with van der Waals surface area (Å²) in [5.41, 5.74) is 1.33. The molecule has 0 radical (unpaired) electrons. The normalized spacial score (nSPS) is 11.7. The number of benzene rings is 2. The molecule has 3 N–H and O–H groups in total. The second-order valence-corrected chi connectivity index (χ2v) is 7.04. The maximum atomic E-state index is 12.2. The van der Waals surface area contributed by atoms with Gasteiger partial charge in [-0.15, -0.1) is 0 Å². The summed E-state index contributed by atoms with van der Waals surface area (Å²) in [6, 6.07) is 8.86. The van der Waals surface area contributed by atoms with Gasteiger partial charge in [0.15, 0.2) is 23.0 Å². The molecule has 0 saturated carbocycles. The van der Waals surface area contributed by atoms with Gasteiger partial charge >= 0.3 is 5.97 Å². The van der Waals surface area contributed by atoms with Gasteiger partial charge < -0.3 is 34.7 Å². The van der Waals surface area contributed by atoms with Crippen molar-refractivity contribution in [3.8, 4) is 23.0 Å². The maximum Gasteiger partial charge on any atom is 0.328 e. The molecule has 0 aliphatic rings. The Labute approximate surface area is 203 Å². The number of nitrogens with one attached hydrogen (secondary N) is 2. The lowest BCUT2D eigenvalue weighted by molar-refractivity contribution is -0.141. The smallest absolute Gasteiger partial charge is 0.328 e. The molecule has 0 aromatic heterocycles. The van der Waals surface area contributed by atoms with Crippen LogP contribution in [0.4, 0.5) is 0 Å². The molecule has 0 aliphatic heterocycles. The molecule has 10 heteroatoms. The van der Waals surface area contributed by atoms with E-state index in [0.29, 0.717) is 34.1 Å². The molecule has 2 aromatic carbocycles. The number of rotatable bonds is 12. The van der Waals surface area contributed by atoms with Crippen molar-refractivity contribution < 1.29 is 38.4 Å². The Hall–Kier alpha value is -4.47. The Balaban J connectivity index is 1.94. The number of amides is 2. The largest absolute Gasteiger partial charge is 0.493 e. The fourth-order valence-electron chi connectivity index (χ4n) is 2.94. The van der Waals surface area contributed by atoms with Gasteiger partial charge in [0, 0.05) is 18.7 Å². The van der Waals surface area contributed by atoms with Crippen molar-refractivity contribution in [2.24, 2.45) is 0 Å². The Morgan fingerprint density at radius 1 is 0.771 bits per heavy atom. The van der Waals surface area contributed by atoms with Crippen molar-refractivity contribution in [3.05, 3.63) is 59.7 Å². The monoisotopic (exact) mass is 484 g/mol. The maximum absolute atomic E-state index is 12.2. The topological polar surface area (TPSA) is 132 Å². The van der Waals surface area contributed by atoms with Crippen LogP contribution in [0, 0.1) is 0 Å². The number of aliphatic carboxylic acids is 1. The molecule has 0 aliphatic carbocycles. The van der Waals surface area contributed by atoms with Gasteiger partial charge in [0.25, 0.3) is 0 Å². The van der Waals surface area contributed by atoms with Gasteiger partial charge in [-0.25, -0.2) is 4.79 Å². The molecule has 1 atom stereocenters. The highest BCUT2D eigenvalue weighted by atomic mass is 16.5. The minimum Gasteiger partial charge on any atom is -0.493 e. The average Bonchev–Trinajstić information content (AvgIpc) is 2.87. The Bertz CT molecular complexity index is 1110. The number of carboxylic acid groups (broad SMARTS) is 1. The van der Waals surface area contributed by atoms with Crippen LogP contribution in [0.25, 0.3) is 12.2 Å². The predicted molar refractivity (Wildman–Crippen MR) is 130 cm³/mol. The zero-order chi connectivity index (χ0) is 25.8. The molecule has 2 rings (SSSR count).